The Morgan fingerprint density at radius 3 is 2.75 bits per heavy atom. The molecule has 8 heavy (non-hydrogen) atoms. The van der Waals surface area contributed by atoms with E-state index >= 15 is 0 Å². The molecule has 0 spiro atoms. The Balaban J connectivity index is 2.77. The van der Waals surface area contributed by atoms with Gasteiger partial charge in [0.25, 0.3) is 0 Å². The van der Waals surface area contributed by atoms with Crippen LogP contribution in [0.25, 0.3) is 0 Å². The van der Waals surface area contributed by atoms with Crippen LogP contribution in [0.5, 0.6) is 0 Å². The van der Waals surface area contributed by atoms with Gasteiger partial charge in [-0.25, -0.2) is 0 Å². The topological polar surface area (TPSA) is 26.0 Å². The predicted molar refractivity (Wildman–Crippen MR) is 33.8 cm³/mol. The Bertz CT molecular complexity index is 163. The maximum atomic E-state index is 5.43. The lowest BCUT2D eigenvalue weighted by Gasteiger charge is -1.92. The molecule has 0 fully saturated rings. The van der Waals surface area contributed by atoms with E-state index in [1.54, 1.807) is 6.08 Å². The molecule has 0 aromatic carbocycles. The standard InChI is InChI=1S/C7H8N/c1-6-3-2-4-7(8)5-6/h1-2,4-5H,3,8H2/q+1. The van der Waals surface area contributed by atoms with Gasteiger partial charge in [0.1, 0.15) is 11.8 Å². The fourth-order valence-electron chi connectivity index (χ4n) is 0.652. The molecule has 0 bridgehead atoms. The first-order valence-electron chi connectivity index (χ1n) is 2.54. The van der Waals surface area contributed by atoms with E-state index in [2.05, 4.69) is 0 Å². The van der Waals surface area contributed by atoms with E-state index in [0.29, 0.717) is 0 Å². The fraction of sp³-hybridized carbons (Fsp3) is 0.143. The first-order valence-corrected chi connectivity index (χ1v) is 2.54. The second-order valence-corrected chi connectivity index (χ2v) is 1.83. The van der Waals surface area contributed by atoms with Crippen LogP contribution in [0.3, 0.4) is 0 Å². The van der Waals surface area contributed by atoms with Crippen LogP contribution in [0.1, 0.15) is 6.42 Å². The zero-order valence-corrected chi connectivity index (χ0v) is 4.59. The van der Waals surface area contributed by atoms with Crippen LogP contribution >= 0.6 is 0 Å². The summed E-state index contributed by atoms with van der Waals surface area (Å²) in [6.45, 7) is 5.43. The molecule has 0 unspecified atom stereocenters. The quantitative estimate of drug-likeness (QED) is 0.460. The number of rotatable bonds is 0. The molecule has 0 heterocycles. The Morgan fingerprint density at radius 2 is 2.38 bits per heavy atom. The molecule has 40 valence electrons. The van der Waals surface area contributed by atoms with E-state index in [1.165, 1.54) is 0 Å². The minimum atomic E-state index is 0.744. The first kappa shape index (κ1) is 5.07. The molecular formula is C7H8N+. The normalized spacial score (nSPS) is 18.4. The van der Waals surface area contributed by atoms with Gasteiger partial charge in [0, 0.05) is 6.42 Å². The summed E-state index contributed by atoms with van der Waals surface area (Å²) in [5.41, 5.74) is 6.98. The molecule has 0 aromatic rings. The number of hydrogen-bond donors (Lipinski definition) is 1. The van der Waals surface area contributed by atoms with Gasteiger partial charge in [0.15, 0.2) is 5.57 Å². The van der Waals surface area contributed by atoms with E-state index in [4.69, 9.17) is 12.3 Å². The molecule has 1 heteroatoms. The van der Waals surface area contributed by atoms with Crippen LogP contribution < -0.4 is 5.73 Å². The van der Waals surface area contributed by atoms with Crippen molar-refractivity contribution in [3.05, 3.63) is 36.1 Å². The third-order valence-electron chi connectivity index (χ3n) is 1.02. The SMILES string of the molecule is [CH+]=C1C=C(N)C=CC1. The molecule has 0 amide bonds. The molecule has 0 aromatic heterocycles. The lowest BCUT2D eigenvalue weighted by molar-refractivity contribution is 1.21. The van der Waals surface area contributed by atoms with Crippen molar-refractivity contribution >= 4 is 0 Å². The third kappa shape index (κ3) is 0.955. The highest BCUT2D eigenvalue weighted by Crippen LogP contribution is 2.08. The largest absolute Gasteiger partial charge is 0.382 e. The average Bonchev–Trinajstić information content (AvgIpc) is 1.64. The molecule has 0 atom stereocenters. The summed E-state index contributed by atoms with van der Waals surface area (Å²) in [6, 6.07) is 0. The molecule has 1 aliphatic carbocycles. The average molecular weight is 106 g/mol. The van der Waals surface area contributed by atoms with Crippen LogP contribution in [0.2, 0.25) is 0 Å². The van der Waals surface area contributed by atoms with Gasteiger partial charge in [-0.3, -0.25) is 0 Å². The highest BCUT2D eigenvalue weighted by molar-refractivity contribution is 5.31. The van der Waals surface area contributed by atoms with Crippen LogP contribution in [0.15, 0.2) is 29.5 Å². The van der Waals surface area contributed by atoms with Crippen molar-refractivity contribution in [3.8, 4) is 0 Å². The Morgan fingerprint density at radius 1 is 1.62 bits per heavy atom. The highest BCUT2D eigenvalue weighted by atomic mass is 14.6. The van der Waals surface area contributed by atoms with Crippen LogP contribution in [0.4, 0.5) is 0 Å². The van der Waals surface area contributed by atoms with Crippen LogP contribution in [0, 0.1) is 6.58 Å². The molecule has 1 rings (SSSR count). The van der Waals surface area contributed by atoms with E-state index in [9.17, 15) is 0 Å². The monoisotopic (exact) mass is 106 g/mol. The van der Waals surface area contributed by atoms with Crippen molar-refractivity contribution < 1.29 is 0 Å². The zero-order valence-electron chi connectivity index (χ0n) is 4.59. The Labute approximate surface area is 49.2 Å². The minimum Gasteiger partial charge on any atom is -0.382 e. The summed E-state index contributed by atoms with van der Waals surface area (Å²) in [7, 11) is 0. The van der Waals surface area contributed by atoms with Crippen molar-refractivity contribution in [2.75, 3.05) is 0 Å². The molecule has 0 radical (unpaired) electrons. The second-order valence-electron chi connectivity index (χ2n) is 1.83. The fourth-order valence-corrected chi connectivity index (χ4v) is 0.652. The van der Waals surface area contributed by atoms with Gasteiger partial charge in [0.05, 0.1) is 6.58 Å². The van der Waals surface area contributed by atoms with Crippen molar-refractivity contribution in [1.82, 2.24) is 0 Å². The molecule has 0 aliphatic heterocycles. The minimum absolute atomic E-state index is 0.744. The summed E-state index contributed by atoms with van der Waals surface area (Å²) in [5, 5.41) is 0. The summed E-state index contributed by atoms with van der Waals surface area (Å²) >= 11 is 0. The molecule has 2 N–H and O–H groups in total. The van der Waals surface area contributed by atoms with Gasteiger partial charge >= 0.3 is 0 Å². The summed E-state index contributed by atoms with van der Waals surface area (Å²) in [5.74, 6) is 0. The van der Waals surface area contributed by atoms with Crippen LogP contribution in [-0.2, 0) is 0 Å². The van der Waals surface area contributed by atoms with Crippen molar-refractivity contribution in [2.24, 2.45) is 5.73 Å². The Hall–Kier alpha value is -1.07. The lowest BCUT2D eigenvalue weighted by Crippen LogP contribution is -1.96. The van der Waals surface area contributed by atoms with Gasteiger partial charge in [-0.05, 0) is 6.08 Å². The molecular weight excluding hydrogens is 98.1 g/mol. The highest BCUT2D eigenvalue weighted by Gasteiger charge is 2.03. The molecule has 1 nitrogen and oxygen atoms in total. The number of allylic oxidation sites excluding steroid dienone is 4. The Kier molecular flexibility index (Phi) is 1.15. The van der Waals surface area contributed by atoms with Crippen molar-refractivity contribution in [1.29, 1.82) is 0 Å². The van der Waals surface area contributed by atoms with Gasteiger partial charge in [-0.1, -0.05) is 6.08 Å². The lowest BCUT2D eigenvalue weighted by atomic mass is 10.1. The zero-order chi connectivity index (χ0) is 5.98. The van der Waals surface area contributed by atoms with Gasteiger partial charge in [-0.2, -0.15) is 0 Å². The maximum absolute atomic E-state index is 5.43. The first-order chi connectivity index (χ1) is 3.79. The molecule has 0 saturated carbocycles. The van der Waals surface area contributed by atoms with E-state index in [0.717, 1.165) is 17.7 Å². The molecule has 0 saturated heterocycles. The van der Waals surface area contributed by atoms with Crippen molar-refractivity contribution in [2.45, 2.75) is 6.42 Å². The molecule has 1 aliphatic rings. The van der Waals surface area contributed by atoms with E-state index in [1.807, 2.05) is 12.2 Å². The summed E-state index contributed by atoms with van der Waals surface area (Å²) in [4.78, 5) is 0. The third-order valence-corrected chi connectivity index (χ3v) is 1.02. The maximum Gasteiger partial charge on any atom is 0.170 e. The predicted octanol–water partition coefficient (Wildman–Crippen LogP) is 1.15. The van der Waals surface area contributed by atoms with Crippen LogP contribution in [-0.4, -0.2) is 0 Å². The summed E-state index contributed by atoms with van der Waals surface area (Å²) < 4.78 is 0. The van der Waals surface area contributed by atoms with Gasteiger partial charge < -0.3 is 5.73 Å². The van der Waals surface area contributed by atoms with Gasteiger partial charge in [-0.15, -0.1) is 0 Å². The smallest absolute Gasteiger partial charge is 0.170 e. The summed E-state index contributed by atoms with van der Waals surface area (Å²) in [6.07, 6.45) is 6.42. The number of hydrogen-bond acceptors (Lipinski definition) is 1. The van der Waals surface area contributed by atoms with Gasteiger partial charge in [0.2, 0.25) is 0 Å². The second kappa shape index (κ2) is 1.81. The van der Waals surface area contributed by atoms with E-state index in [-0.39, 0.29) is 0 Å². The number of nitrogens with two attached hydrogens (primary N) is 1. The van der Waals surface area contributed by atoms with Crippen molar-refractivity contribution in [3.63, 3.8) is 0 Å². The van der Waals surface area contributed by atoms with E-state index < -0.39 is 0 Å².